The number of amides is 2. The lowest BCUT2D eigenvalue weighted by Gasteiger charge is -2.26. The summed E-state index contributed by atoms with van der Waals surface area (Å²) in [6.45, 7) is 7.93. The van der Waals surface area contributed by atoms with E-state index in [1.807, 2.05) is 30.3 Å². The first-order valence-corrected chi connectivity index (χ1v) is 12.9. The van der Waals surface area contributed by atoms with Crippen molar-refractivity contribution in [2.45, 2.75) is 25.7 Å². The Morgan fingerprint density at radius 1 is 1.23 bits per heavy atom. The third-order valence-corrected chi connectivity index (χ3v) is 6.73. The summed E-state index contributed by atoms with van der Waals surface area (Å²) in [6, 6.07) is 13.8. The van der Waals surface area contributed by atoms with Crippen LogP contribution in [0.3, 0.4) is 0 Å². The van der Waals surface area contributed by atoms with Crippen molar-refractivity contribution in [3.8, 4) is 5.75 Å². The van der Waals surface area contributed by atoms with Gasteiger partial charge in [-0.2, -0.15) is 0 Å². The molecule has 0 radical (unpaired) electrons. The number of ether oxygens (including phenoxy) is 2. The Morgan fingerprint density at radius 3 is 2.83 bits per heavy atom. The van der Waals surface area contributed by atoms with E-state index < -0.39 is 0 Å². The normalized spacial score (nSPS) is 17.8. The minimum atomic E-state index is -0.276. The van der Waals surface area contributed by atoms with Crippen molar-refractivity contribution in [2.75, 3.05) is 57.2 Å². The number of nitrogens with one attached hydrogen (secondary N) is 2. The summed E-state index contributed by atoms with van der Waals surface area (Å²) in [5, 5.41) is 5.59. The lowest BCUT2D eigenvalue weighted by atomic mass is 9.89. The molecule has 188 valence electrons. The zero-order chi connectivity index (χ0) is 24.6. The number of hydrogen-bond acceptors (Lipinski definition) is 5. The number of hydrogen-bond donors (Lipinski definition) is 3. The molecule has 1 fully saturated rings. The molecule has 0 saturated carbocycles. The second-order valence-electron chi connectivity index (χ2n) is 8.84. The monoisotopic (exact) mass is 498 g/mol. The highest BCUT2D eigenvalue weighted by atomic mass is 35.5. The molecule has 0 bridgehead atoms. The fourth-order valence-corrected chi connectivity index (χ4v) is 4.93. The summed E-state index contributed by atoms with van der Waals surface area (Å²) in [5.74, 6) is 1.42. The number of halogens is 1. The van der Waals surface area contributed by atoms with Crippen molar-refractivity contribution in [3.05, 3.63) is 59.2 Å². The molecule has 1 unspecified atom stereocenters. The highest BCUT2D eigenvalue weighted by molar-refractivity contribution is 6.18. The molecule has 2 amide bonds. The van der Waals surface area contributed by atoms with Gasteiger partial charge in [-0.15, -0.1) is 11.6 Å². The molecule has 0 aromatic heterocycles. The number of nitrogens with zero attached hydrogens (tertiary/aromatic N) is 1. The summed E-state index contributed by atoms with van der Waals surface area (Å²) in [4.78, 5) is 14.5. The molecule has 35 heavy (non-hydrogen) atoms. The van der Waals surface area contributed by atoms with Crippen LogP contribution in [0.15, 0.2) is 42.5 Å². The van der Waals surface area contributed by atoms with Gasteiger partial charge >= 0.3 is 6.03 Å². The van der Waals surface area contributed by atoms with E-state index in [1.165, 1.54) is 5.56 Å². The quantitative estimate of drug-likeness (QED) is 0.332. The second-order valence-corrected chi connectivity index (χ2v) is 9.22. The van der Waals surface area contributed by atoms with Crippen LogP contribution in [0.2, 0.25) is 0 Å². The Morgan fingerprint density at radius 2 is 2.06 bits per heavy atom. The smallest absolute Gasteiger partial charge is 0.319 e. The first-order valence-electron chi connectivity index (χ1n) is 12.4. The molecule has 1 aliphatic heterocycles. The highest BCUT2D eigenvalue weighted by Crippen LogP contribution is 2.47. The van der Waals surface area contributed by atoms with Gasteiger partial charge in [0.05, 0.1) is 19.8 Å². The average molecular weight is 499 g/mol. The summed E-state index contributed by atoms with van der Waals surface area (Å²) in [7, 11) is 0. The minimum Gasteiger partial charge on any atom is -0.494 e. The number of alkyl halides is 1. The lowest BCUT2D eigenvalue weighted by molar-refractivity contribution is 0.0358. The van der Waals surface area contributed by atoms with Crippen LogP contribution in [0.1, 0.15) is 42.4 Å². The predicted octanol–water partition coefficient (Wildman–Crippen LogP) is 4.48. The van der Waals surface area contributed by atoms with Gasteiger partial charge < -0.3 is 25.8 Å². The van der Waals surface area contributed by atoms with Crippen LogP contribution in [-0.4, -0.2) is 62.8 Å². The van der Waals surface area contributed by atoms with Crippen LogP contribution >= 0.6 is 11.6 Å². The maximum atomic E-state index is 12.1. The maximum Gasteiger partial charge on any atom is 0.319 e. The number of carbonyl (C=O) groups excluding carboxylic acids is 1. The van der Waals surface area contributed by atoms with Crippen molar-refractivity contribution in [2.24, 2.45) is 5.73 Å². The van der Waals surface area contributed by atoms with Crippen molar-refractivity contribution in [1.29, 1.82) is 0 Å². The van der Waals surface area contributed by atoms with Gasteiger partial charge in [-0.05, 0) is 59.9 Å². The zero-order valence-corrected chi connectivity index (χ0v) is 21.1. The minimum absolute atomic E-state index is 0.169. The lowest BCUT2D eigenvalue weighted by Crippen LogP contribution is -2.37. The fraction of sp³-hybridized carbons (Fsp3) is 0.444. The SMILES string of the molecule is CCC1C(c2cccc(NC(=O)NCCCl)c2)=C(N)c2ccc(OCCCN3CCOCC3)cc21. The highest BCUT2D eigenvalue weighted by Gasteiger charge is 2.30. The molecule has 0 spiro atoms. The van der Waals surface area contributed by atoms with Crippen LogP contribution in [0.5, 0.6) is 5.75 Å². The molecular weight excluding hydrogens is 464 g/mol. The van der Waals surface area contributed by atoms with Gasteiger partial charge in [0, 0.05) is 54.9 Å². The number of morpholine rings is 1. The number of rotatable bonds is 10. The molecule has 2 aromatic carbocycles. The Bertz CT molecular complexity index is 1050. The predicted molar refractivity (Wildman–Crippen MR) is 142 cm³/mol. The first-order chi connectivity index (χ1) is 17.1. The number of carbonyl (C=O) groups is 1. The molecule has 2 aromatic rings. The van der Waals surface area contributed by atoms with E-state index in [0.29, 0.717) is 24.7 Å². The van der Waals surface area contributed by atoms with E-state index in [-0.39, 0.29) is 11.9 Å². The van der Waals surface area contributed by atoms with Gasteiger partial charge in [0.2, 0.25) is 0 Å². The number of nitrogens with two attached hydrogens (primary N) is 1. The Kier molecular flexibility index (Phi) is 8.90. The molecule has 7 nitrogen and oxygen atoms in total. The number of allylic oxidation sites excluding steroid dienone is 1. The van der Waals surface area contributed by atoms with E-state index in [0.717, 1.165) is 73.8 Å². The van der Waals surface area contributed by atoms with Gasteiger partial charge in [-0.25, -0.2) is 4.79 Å². The molecule has 4 N–H and O–H groups in total. The van der Waals surface area contributed by atoms with E-state index >= 15 is 0 Å². The van der Waals surface area contributed by atoms with E-state index in [4.69, 9.17) is 26.8 Å². The molecular formula is C27H35ClN4O3. The van der Waals surface area contributed by atoms with E-state index in [1.54, 1.807) is 0 Å². The topological polar surface area (TPSA) is 88.9 Å². The van der Waals surface area contributed by atoms with Gasteiger partial charge in [0.1, 0.15) is 5.75 Å². The van der Waals surface area contributed by atoms with Crippen LogP contribution in [0.25, 0.3) is 11.3 Å². The molecule has 1 saturated heterocycles. The van der Waals surface area contributed by atoms with Gasteiger partial charge in [-0.1, -0.05) is 19.1 Å². The zero-order valence-electron chi connectivity index (χ0n) is 20.3. The van der Waals surface area contributed by atoms with Crippen molar-refractivity contribution < 1.29 is 14.3 Å². The maximum absolute atomic E-state index is 12.1. The summed E-state index contributed by atoms with van der Waals surface area (Å²) in [6.07, 6.45) is 1.90. The number of fused-ring (bicyclic) bond motifs is 1. The second kappa shape index (κ2) is 12.3. The summed E-state index contributed by atoms with van der Waals surface area (Å²) < 4.78 is 11.5. The molecule has 1 heterocycles. The first kappa shape index (κ1) is 25.4. The van der Waals surface area contributed by atoms with E-state index in [9.17, 15) is 4.79 Å². The molecule has 2 aliphatic rings. The third-order valence-electron chi connectivity index (χ3n) is 6.54. The van der Waals surface area contributed by atoms with Gasteiger partial charge in [-0.3, -0.25) is 4.90 Å². The number of anilines is 1. The average Bonchev–Trinajstić information content (AvgIpc) is 3.17. The van der Waals surface area contributed by atoms with E-state index in [2.05, 4.69) is 34.6 Å². The van der Waals surface area contributed by atoms with Gasteiger partial charge in [0.15, 0.2) is 0 Å². The molecule has 4 rings (SSSR count). The van der Waals surface area contributed by atoms with Crippen LogP contribution in [0.4, 0.5) is 10.5 Å². The van der Waals surface area contributed by atoms with Crippen molar-refractivity contribution >= 4 is 34.6 Å². The summed E-state index contributed by atoms with van der Waals surface area (Å²) >= 11 is 5.65. The van der Waals surface area contributed by atoms with Crippen LogP contribution < -0.4 is 21.1 Å². The molecule has 1 aliphatic carbocycles. The summed E-state index contributed by atoms with van der Waals surface area (Å²) in [5.41, 5.74) is 12.5. The van der Waals surface area contributed by atoms with Crippen LogP contribution in [-0.2, 0) is 4.74 Å². The number of benzene rings is 2. The van der Waals surface area contributed by atoms with Crippen molar-refractivity contribution in [1.82, 2.24) is 10.2 Å². The van der Waals surface area contributed by atoms with Crippen LogP contribution in [0, 0.1) is 0 Å². The van der Waals surface area contributed by atoms with Crippen molar-refractivity contribution in [3.63, 3.8) is 0 Å². The Labute approximate surface area is 212 Å². The standard InChI is InChI=1S/C27H35ClN4O3/c1-2-22-24-18-21(35-14-4-11-32-12-15-34-16-13-32)7-8-23(24)26(29)25(22)19-5-3-6-20(17-19)31-27(33)30-10-9-28/h3,5-8,17-18,22H,2,4,9-16,29H2,1H3,(H2,30,31,33). The fourth-order valence-electron chi connectivity index (χ4n) is 4.84. The third kappa shape index (κ3) is 6.28. The number of urea groups is 1. The molecule has 1 atom stereocenters. The largest absolute Gasteiger partial charge is 0.494 e. The molecule has 8 heteroatoms. The Balaban J connectivity index is 1.43. The Hall–Kier alpha value is -2.74. The van der Waals surface area contributed by atoms with Gasteiger partial charge in [0.25, 0.3) is 0 Å².